The van der Waals surface area contributed by atoms with Gasteiger partial charge in [-0.1, -0.05) is 13.8 Å². The maximum atomic E-state index is 15.1. The molecule has 11 heteroatoms. The molecule has 0 spiro atoms. The molecule has 0 radical (unpaired) electrons. The molecule has 3 aromatic rings. The molecule has 0 aliphatic heterocycles. The van der Waals surface area contributed by atoms with Crippen LogP contribution >= 0.6 is 0 Å². The largest absolute Gasteiger partial charge is 0.484 e. The van der Waals surface area contributed by atoms with Crippen LogP contribution in [0.2, 0.25) is 0 Å². The van der Waals surface area contributed by atoms with Crippen molar-refractivity contribution in [2.45, 2.75) is 56.4 Å². The molecule has 1 aliphatic rings. The summed E-state index contributed by atoms with van der Waals surface area (Å²) in [6.45, 7) is 6.10. The fraction of sp³-hybridized carbons (Fsp3) is 0.435. The number of nitrogens with zero attached hydrogens (tertiary/aromatic N) is 4. The Kier molecular flexibility index (Phi) is 6.09. The number of sulfonamides is 1. The van der Waals surface area contributed by atoms with Crippen LogP contribution in [0.25, 0.3) is 0 Å². The lowest BCUT2D eigenvalue weighted by atomic mass is 9.64. The van der Waals surface area contributed by atoms with Crippen LogP contribution in [-0.2, 0) is 17.1 Å². The number of nitrogens with one attached hydrogen (secondary N) is 1. The van der Waals surface area contributed by atoms with Gasteiger partial charge in [0.25, 0.3) is 10.0 Å². The molecule has 0 saturated heterocycles. The van der Waals surface area contributed by atoms with Gasteiger partial charge in [0.2, 0.25) is 0 Å². The standard InChI is InChI=1S/C23H27F2N5O3S/c1-22(2)8-5-15(18-6-10-28-30(18)4)23(3,13-22)33-19-11-17(25)20(12-16(19)24)34(31,32)29-21-7-9-26-14-27-21/h6-7,9-12,14-15H,5,8,13H2,1-4H3,(H,26,27,29)/t15-,23-/m1/s1. The highest BCUT2D eigenvalue weighted by Crippen LogP contribution is 2.50. The first-order valence-electron chi connectivity index (χ1n) is 10.8. The zero-order valence-electron chi connectivity index (χ0n) is 19.4. The van der Waals surface area contributed by atoms with Crippen molar-refractivity contribution in [3.8, 4) is 5.75 Å². The van der Waals surface area contributed by atoms with Gasteiger partial charge in [-0.15, -0.1) is 0 Å². The molecular weight excluding hydrogens is 464 g/mol. The molecule has 2 heterocycles. The van der Waals surface area contributed by atoms with Gasteiger partial charge in [-0.3, -0.25) is 9.40 Å². The number of hydrogen-bond acceptors (Lipinski definition) is 6. The van der Waals surface area contributed by atoms with Crippen molar-refractivity contribution in [1.82, 2.24) is 19.7 Å². The minimum Gasteiger partial charge on any atom is -0.484 e. The normalized spacial score (nSPS) is 22.4. The van der Waals surface area contributed by atoms with Gasteiger partial charge in [0, 0.05) is 43.2 Å². The summed E-state index contributed by atoms with van der Waals surface area (Å²) in [6.07, 6.45) is 6.46. The summed E-state index contributed by atoms with van der Waals surface area (Å²) in [5.74, 6) is -2.62. The van der Waals surface area contributed by atoms with E-state index in [-0.39, 0.29) is 22.9 Å². The number of halogens is 2. The zero-order chi connectivity index (χ0) is 24.7. The van der Waals surface area contributed by atoms with E-state index >= 15 is 4.39 Å². The maximum Gasteiger partial charge on any atom is 0.266 e. The van der Waals surface area contributed by atoms with Gasteiger partial charge in [0.15, 0.2) is 11.6 Å². The molecule has 0 amide bonds. The van der Waals surface area contributed by atoms with Crippen molar-refractivity contribution in [3.63, 3.8) is 0 Å². The van der Waals surface area contributed by atoms with E-state index in [1.165, 1.54) is 12.3 Å². The Balaban J connectivity index is 1.67. The quantitative estimate of drug-likeness (QED) is 0.548. The first-order chi connectivity index (χ1) is 15.9. The third-order valence-corrected chi connectivity index (χ3v) is 7.70. The Hall–Kier alpha value is -3.08. The first-order valence-corrected chi connectivity index (χ1v) is 12.3. The predicted octanol–water partition coefficient (Wildman–Crippen LogP) is 4.42. The monoisotopic (exact) mass is 491 g/mol. The van der Waals surface area contributed by atoms with Crippen LogP contribution in [0.15, 0.2) is 47.9 Å². The maximum absolute atomic E-state index is 15.1. The van der Waals surface area contributed by atoms with Crippen molar-refractivity contribution in [2.24, 2.45) is 12.5 Å². The molecular formula is C23H27F2N5O3S. The third kappa shape index (κ3) is 4.75. The van der Waals surface area contributed by atoms with Crippen molar-refractivity contribution in [2.75, 3.05) is 4.72 Å². The molecule has 1 aromatic carbocycles. The van der Waals surface area contributed by atoms with Crippen molar-refractivity contribution in [1.29, 1.82) is 0 Å². The average molecular weight is 492 g/mol. The minimum atomic E-state index is -4.42. The van der Waals surface area contributed by atoms with Crippen LogP contribution < -0.4 is 9.46 Å². The van der Waals surface area contributed by atoms with Gasteiger partial charge in [-0.25, -0.2) is 27.2 Å². The van der Waals surface area contributed by atoms with Crippen LogP contribution in [0, 0.1) is 17.0 Å². The Morgan fingerprint density at radius 1 is 1.15 bits per heavy atom. The molecule has 0 bridgehead atoms. The average Bonchev–Trinajstić information content (AvgIpc) is 3.15. The van der Waals surface area contributed by atoms with E-state index in [9.17, 15) is 12.8 Å². The van der Waals surface area contributed by atoms with Crippen LogP contribution in [0.4, 0.5) is 14.6 Å². The highest BCUT2D eigenvalue weighted by molar-refractivity contribution is 7.92. The predicted molar refractivity (Wildman–Crippen MR) is 122 cm³/mol. The van der Waals surface area contributed by atoms with Crippen molar-refractivity contribution >= 4 is 15.8 Å². The molecule has 1 aliphatic carbocycles. The van der Waals surface area contributed by atoms with Crippen LogP contribution in [0.1, 0.15) is 51.6 Å². The summed E-state index contributed by atoms with van der Waals surface area (Å²) in [4.78, 5) is 6.60. The summed E-state index contributed by atoms with van der Waals surface area (Å²) in [6, 6.07) is 4.62. The highest BCUT2D eigenvalue weighted by Gasteiger charge is 2.47. The third-order valence-electron chi connectivity index (χ3n) is 6.33. The van der Waals surface area contributed by atoms with E-state index < -0.39 is 32.2 Å². The van der Waals surface area contributed by atoms with Gasteiger partial charge in [-0.2, -0.15) is 5.10 Å². The molecule has 182 valence electrons. The summed E-state index contributed by atoms with van der Waals surface area (Å²) in [5.41, 5.74) is -0.0152. The molecule has 0 unspecified atom stereocenters. The Morgan fingerprint density at radius 2 is 1.91 bits per heavy atom. The molecule has 2 atom stereocenters. The summed E-state index contributed by atoms with van der Waals surface area (Å²) in [5, 5.41) is 4.25. The van der Waals surface area contributed by atoms with E-state index in [2.05, 4.69) is 33.6 Å². The number of benzene rings is 1. The first kappa shape index (κ1) is 24.1. The van der Waals surface area contributed by atoms with Crippen molar-refractivity contribution in [3.05, 3.63) is 60.3 Å². The smallest absolute Gasteiger partial charge is 0.266 e. The molecule has 1 saturated carbocycles. The Labute approximate surface area is 197 Å². The van der Waals surface area contributed by atoms with E-state index in [0.717, 1.165) is 30.9 Å². The van der Waals surface area contributed by atoms with Crippen LogP contribution in [-0.4, -0.2) is 33.8 Å². The number of aryl methyl sites for hydroxylation is 1. The molecule has 2 aromatic heterocycles. The van der Waals surface area contributed by atoms with E-state index in [1.54, 1.807) is 10.9 Å². The lowest BCUT2D eigenvalue weighted by Crippen LogP contribution is -2.47. The zero-order valence-corrected chi connectivity index (χ0v) is 20.2. The second-order valence-electron chi connectivity index (χ2n) is 9.64. The van der Waals surface area contributed by atoms with E-state index in [4.69, 9.17) is 4.74 Å². The summed E-state index contributed by atoms with van der Waals surface area (Å²) >= 11 is 0. The van der Waals surface area contributed by atoms with Crippen LogP contribution in [0.5, 0.6) is 5.75 Å². The molecule has 1 N–H and O–H groups in total. The lowest BCUT2D eigenvalue weighted by Gasteiger charge is -2.48. The Bertz CT molecular complexity index is 1300. The topological polar surface area (TPSA) is 99.0 Å². The highest BCUT2D eigenvalue weighted by atomic mass is 32.2. The van der Waals surface area contributed by atoms with Gasteiger partial charge >= 0.3 is 0 Å². The molecule has 34 heavy (non-hydrogen) atoms. The SMILES string of the molecule is Cn1nccc1[C@H]1CCC(C)(C)C[C@@]1(C)Oc1cc(F)c(S(=O)(=O)Nc2ccncn2)cc1F. The summed E-state index contributed by atoms with van der Waals surface area (Å²) < 4.78 is 65.5. The second-order valence-corrected chi connectivity index (χ2v) is 11.3. The number of rotatable bonds is 6. The van der Waals surface area contributed by atoms with Gasteiger partial charge in [-0.05, 0) is 43.7 Å². The van der Waals surface area contributed by atoms with Gasteiger partial charge in [0.05, 0.1) is 0 Å². The number of aromatic nitrogens is 4. The molecule has 8 nitrogen and oxygen atoms in total. The molecule has 4 rings (SSSR count). The fourth-order valence-electron chi connectivity index (χ4n) is 4.89. The van der Waals surface area contributed by atoms with E-state index in [1.807, 2.05) is 20.0 Å². The number of ether oxygens (including phenoxy) is 1. The van der Waals surface area contributed by atoms with Gasteiger partial charge in [0.1, 0.15) is 28.5 Å². The fourth-order valence-corrected chi connectivity index (χ4v) is 5.97. The van der Waals surface area contributed by atoms with E-state index in [0.29, 0.717) is 12.5 Å². The lowest BCUT2D eigenvalue weighted by molar-refractivity contribution is -0.0261. The van der Waals surface area contributed by atoms with Crippen LogP contribution in [0.3, 0.4) is 0 Å². The Morgan fingerprint density at radius 3 is 2.56 bits per heavy atom. The van der Waals surface area contributed by atoms with Crippen molar-refractivity contribution < 1.29 is 21.9 Å². The minimum absolute atomic E-state index is 0.0638. The van der Waals surface area contributed by atoms with Gasteiger partial charge < -0.3 is 4.74 Å². The summed E-state index contributed by atoms with van der Waals surface area (Å²) in [7, 11) is -2.59. The number of anilines is 1. The second kappa shape index (κ2) is 8.61. The molecule has 1 fully saturated rings. The number of hydrogen-bond donors (Lipinski definition) is 1.